The summed E-state index contributed by atoms with van der Waals surface area (Å²) in [6.07, 6.45) is 5.96. The molecule has 4 atom stereocenters. The highest BCUT2D eigenvalue weighted by atomic mass is 16.5. The fourth-order valence-corrected chi connectivity index (χ4v) is 7.99. The number of hydrogen-bond acceptors (Lipinski definition) is 6. The summed E-state index contributed by atoms with van der Waals surface area (Å²) in [6, 6.07) is 4.54. The smallest absolute Gasteiger partial charge is 0.254 e. The Labute approximate surface area is 260 Å². The molecule has 1 saturated heterocycles. The van der Waals surface area contributed by atoms with Crippen LogP contribution in [0.4, 0.5) is 0 Å². The normalized spacial score (nSPS) is 20.4. The number of likely N-dealkylation sites (tertiary alicyclic amines) is 1. The number of carbonyl (C=O) groups is 2. The molecular formula is C36H46N4O4. The Morgan fingerprint density at radius 1 is 1.18 bits per heavy atom. The lowest BCUT2D eigenvalue weighted by Crippen LogP contribution is -2.32. The molecule has 3 aromatic rings. The molecule has 0 spiro atoms. The summed E-state index contributed by atoms with van der Waals surface area (Å²) in [5.41, 5.74) is 10.9. The van der Waals surface area contributed by atoms with Crippen LogP contribution in [-0.2, 0) is 33.7 Å². The maximum Gasteiger partial charge on any atom is 0.254 e. The summed E-state index contributed by atoms with van der Waals surface area (Å²) in [4.78, 5) is 45.9. The Morgan fingerprint density at radius 2 is 1.98 bits per heavy atom. The molecule has 44 heavy (non-hydrogen) atoms. The molecule has 8 nitrogen and oxygen atoms in total. The molecular weight excluding hydrogens is 552 g/mol. The highest BCUT2D eigenvalue weighted by Crippen LogP contribution is 2.47. The summed E-state index contributed by atoms with van der Waals surface area (Å²) in [5, 5.41) is 3.88. The van der Waals surface area contributed by atoms with Gasteiger partial charge in [-0.3, -0.25) is 19.3 Å². The minimum atomic E-state index is -0.296. The number of pyridine rings is 2. The maximum atomic E-state index is 14.4. The van der Waals surface area contributed by atoms with Gasteiger partial charge in [0, 0.05) is 41.6 Å². The van der Waals surface area contributed by atoms with Gasteiger partial charge in [-0.1, -0.05) is 27.2 Å². The van der Waals surface area contributed by atoms with Gasteiger partial charge in [0.2, 0.25) is 6.41 Å². The third-order valence-corrected chi connectivity index (χ3v) is 10.7. The molecule has 4 unspecified atom stereocenters. The number of aromatic nitrogens is 2. The molecule has 234 valence electrons. The van der Waals surface area contributed by atoms with E-state index in [9.17, 15) is 14.4 Å². The number of nitrogens with zero attached hydrogens (tertiary/aromatic N) is 3. The van der Waals surface area contributed by atoms with Crippen LogP contribution in [0.25, 0.3) is 22.3 Å². The molecule has 2 aliphatic heterocycles. The second-order valence-electron chi connectivity index (χ2n) is 13.3. The first-order chi connectivity index (χ1) is 21.2. The fourth-order valence-electron chi connectivity index (χ4n) is 7.99. The number of ketones is 1. The Kier molecular flexibility index (Phi) is 8.50. The summed E-state index contributed by atoms with van der Waals surface area (Å²) in [5.74, 6) is 0.155. The minimum absolute atomic E-state index is 0.0315. The number of ether oxygens (including phenoxy) is 1. The molecule has 0 bridgehead atoms. The molecule has 1 amide bonds. The van der Waals surface area contributed by atoms with Gasteiger partial charge in [0.05, 0.1) is 29.6 Å². The van der Waals surface area contributed by atoms with Crippen molar-refractivity contribution in [2.24, 2.45) is 5.92 Å². The van der Waals surface area contributed by atoms with Crippen LogP contribution < -0.4 is 10.9 Å². The van der Waals surface area contributed by atoms with Gasteiger partial charge in [-0.05, 0) is 98.7 Å². The van der Waals surface area contributed by atoms with Crippen LogP contribution in [-0.4, -0.2) is 52.6 Å². The van der Waals surface area contributed by atoms with E-state index in [4.69, 9.17) is 9.72 Å². The van der Waals surface area contributed by atoms with Crippen LogP contribution in [0.3, 0.4) is 0 Å². The predicted octanol–water partition coefficient (Wildman–Crippen LogP) is 5.49. The fraction of sp³-hybridized carbons (Fsp3) is 0.556. The Hall–Kier alpha value is -3.36. The van der Waals surface area contributed by atoms with E-state index in [1.54, 1.807) is 6.92 Å². The van der Waals surface area contributed by atoms with Gasteiger partial charge in [-0.15, -0.1) is 0 Å². The number of aryl methyl sites for hydroxylation is 2. The predicted molar refractivity (Wildman–Crippen MR) is 173 cm³/mol. The molecule has 0 saturated carbocycles. The lowest BCUT2D eigenvalue weighted by Gasteiger charge is -2.35. The molecule has 4 heterocycles. The summed E-state index contributed by atoms with van der Waals surface area (Å²) >= 11 is 0. The van der Waals surface area contributed by atoms with Gasteiger partial charge in [0.1, 0.15) is 12.5 Å². The quantitative estimate of drug-likeness (QED) is 0.139. The summed E-state index contributed by atoms with van der Waals surface area (Å²) in [6.45, 7) is 14.9. The number of hydrogen-bond donors (Lipinski definition) is 1. The van der Waals surface area contributed by atoms with Crippen molar-refractivity contribution in [2.75, 3.05) is 19.8 Å². The number of fused-ring (bicyclic) bond motifs is 4. The van der Waals surface area contributed by atoms with Crippen LogP contribution in [0.15, 0.2) is 16.9 Å². The number of Topliss-reactive ketones (excluding diaryl/α,β-unsaturated/α-hetero) is 1. The summed E-state index contributed by atoms with van der Waals surface area (Å²) in [7, 11) is 0. The highest BCUT2D eigenvalue weighted by Gasteiger charge is 2.39. The lowest BCUT2D eigenvalue weighted by atomic mass is 9.80. The van der Waals surface area contributed by atoms with Crippen molar-refractivity contribution in [1.29, 1.82) is 0 Å². The van der Waals surface area contributed by atoms with Crippen LogP contribution in [0.5, 0.6) is 0 Å². The Balaban J connectivity index is 1.53. The first-order valence-electron chi connectivity index (χ1n) is 16.4. The van der Waals surface area contributed by atoms with E-state index in [2.05, 4.69) is 50.0 Å². The van der Waals surface area contributed by atoms with Crippen molar-refractivity contribution in [1.82, 2.24) is 19.8 Å². The van der Waals surface area contributed by atoms with E-state index >= 15 is 0 Å². The van der Waals surface area contributed by atoms with Gasteiger partial charge in [-0.2, -0.15) is 0 Å². The van der Waals surface area contributed by atoms with E-state index in [1.165, 1.54) is 27.6 Å². The second kappa shape index (κ2) is 12.2. The zero-order chi connectivity index (χ0) is 31.3. The van der Waals surface area contributed by atoms with E-state index in [0.29, 0.717) is 31.7 Å². The van der Waals surface area contributed by atoms with E-state index in [0.717, 1.165) is 72.4 Å². The second-order valence-corrected chi connectivity index (χ2v) is 13.3. The molecule has 1 aliphatic carbocycles. The molecule has 8 heteroatoms. The number of benzene rings is 1. The van der Waals surface area contributed by atoms with Crippen LogP contribution in [0, 0.1) is 19.8 Å². The Bertz CT molecular complexity index is 1690. The SMILES string of the molecule is CCC(C)Cc1c(C(CC)C(C)=O)cc2n(c1=O)Cc1c-2nc2cc(C)c(C)c3c2c1C(N1CCC(OCNC=O)C1)CC3. The van der Waals surface area contributed by atoms with Gasteiger partial charge in [-0.25, -0.2) is 4.98 Å². The van der Waals surface area contributed by atoms with Crippen LogP contribution in [0.2, 0.25) is 0 Å². The van der Waals surface area contributed by atoms with Crippen molar-refractivity contribution in [3.05, 3.63) is 61.4 Å². The molecule has 1 fully saturated rings. The first kappa shape index (κ1) is 30.7. The molecule has 2 aromatic heterocycles. The van der Waals surface area contributed by atoms with Gasteiger partial charge in [0.15, 0.2) is 0 Å². The molecule has 6 rings (SSSR count). The van der Waals surface area contributed by atoms with Gasteiger partial charge in [0.25, 0.3) is 5.56 Å². The van der Waals surface area contributed by atoms with Gasteiger partial charge < -0.3 is 14.6 Å². The number of rotatable bonds is 11. The Morgan fingerprint density at radius 3 is 2.68 bits per heavy atom. The van der Waals surface area contributed by atoms with Crippen LogP contribution in [0.1, 0.15) is 104 Å². The maximum absolute atomic E-state index is 14.4. The van der Waals surface area contributed by atoms with E-state index in [-0.39, 0.29) is 36.1 Å². The minimum Gasteiger partial charge on any atom is -0.357 e. The topological polar surface area (TPSA) is 93.5 Å². The molecule has 1 aromatic carbocycles. The standard InChI is InChI=1S/C36H46N4O4/c1-7-20(3)13-28-27(25(8-2)23(6)42)15-32-35-29(17-40(32)36(28)43)34-31(39-12-11-24(16-39)44-19-37-18-41)10-9-26-22(5)21(4)14-30(38-35)33(26)34/h14-15,18,20,24-25,31H,7-13,16-17,19H2,1-6H3,(H,37,41). The third-order valence-electron chi connectivity index (χ3n) is 10.7. The molecule has 1 N–H and O–H groups in total. The third kappa shape index (κ3) is 5.10. The van der Waals surface area contributed by atoms with E-state index in [1.807, 2.05) is 11.5 Å². The largest absolute Gasteiger partial charge is 0.357 e. The number of nitrogens with one attached hydrogen (secondary N) is 1. The van der Waals surface area contributed by atoms with Gasteiger partial charge >= 0.3 is 0 Å². The number of carbonyl (C=O) groups excluding carboxylic acids is 2. The average Bonchev–Trinajstić information content (AvgIpc) is 3.62. The van der Waals surface area contributed by atoms with Crippen molar-refractivity contribution >= 4 is 23.1 Å². The van der Waals surface area contributed by atoms with E-state index < -0.39 is 0 Å². The highest BCUT2D eigenvalue weighted by molar-refractivity contribution is 5.93. The first-order valence-corrected chi connectivity index (χ1v) is 16.4. The van der Waals surface area contributed by atoms with Crippen molar-refractivity contribution in [2.45, 2.75) is 105 Å². The average molecular weight is 599 g/mol. The lowest BCUT2D eigenvalue weighted by molar-refractivity contribution is -0.118. The zero-order valence-corrected chi connectivity index (χ0v) is 27.1. The molecule has 3 aliphatic rings. The van der Waals surface area contributed by atoms with Crippen LogP contribution >= 0.6 is 0 Å². The van der Waals surface area contributed by atoms with Crippen molar-refractivity contribution < 1.29 is 14.3 Å². The summed E-state index contributed by atoms with van der Waals surface area (Å²) < 4.78 is 7.89. The zero-order valence-electron chi connectivity index (χ0n) is 27.1. The number of amides is 1. The molecule has 0 radical (unpaired) electrons. The monoisotopic (exact) mass is 598 g/mol. The van der Waals surface area contributed by atoms with Crippen molar-refractivity contribution in [3.8, 4) is 11.4 Å². The van der Waals surface area contributed by atoms with Crippen molar-refractivity contribution in [3.63, 3.8) is 0 Å².